The van der Waals surface area contributed by atoms with Crippen molar-refractivity contribution in [2.24, 2.45) is 5.92 Å². The average Bonchev–Trinajstić information content (AvgIpc) is 3.26. The Balaban J connectivity index is 1.78. The topological polar surface area (TPSA) is 36.9 Å². The van der Waals surface area contributed by atoms with Crippen LogP contribution in [0.1, 0.15) is 20.8 Å². The van der Waals surface area contributed by atoms with Gasteiger partial charge in [0.2, 0.25) is 0 Å². The fourth-order valence-electron chi connectivity index (χ4n) is 5.14. The molecule has 160 valence electrons. The van der Waals surface area contributed by atoms with Gasteiger partial charge in [-0.25, -0.2) is 0 Å². The fourth-order valence-corrected chi connectivity index (χ4v) is 9.74. The average molecular weight is 425 g/mol. The van der Waals surface area contributed by atoms with Crippen LogP contribution >= 0.6 is 0 Å². The van der Waals surface area contributed by atoms with Crippen LogP contribution in [0, 0.1) is 5.92 Å². The standard InChI is InChI=1S/C25H32O4Si/c1-24(2,3)30(19-12-8-6-9-13-19,20-14-10-7-11-15-20)28-18-25-17-16-21(22(25)26-4)23(27-5)29-25/h6-17,21-23H,18H2,1-5H3/t21-,22+,23?,25-/m1/s1. The van der Waals surface area contributed by atoms with Crippen LogP contribution in [0.5, 0.6) is 0 Å². The highest BCUT2D eigenvalue weighted by atomic mass is 28.4. The maximum absolute atomic E-state index is 7.12. The van der Waals surface area contributed by atoms with Crippen LogP contribution < -0.4 is 10.4 Å². The number of rotatable bonds is 7. The van der Waals surface area contributed by atoms with Crippen molar-refractivity contribution in [3.05, 3.63) is 72.8 Å². The lowest BCUT2D eigenvalue weighted by Gasteiger charge is -2.45. The summed E-state index contributed by atoms with van der Waals surface area (Å²) in [6, 6.07) is 21.3. The number of methoxy groups -OCH3 is 2. The summed E-state index contributed by atoms with van der Waals surface area (Å²) in [7, 11) is 0.776. The fraction of sp³-hybridized carbons (Fsp3) is 0.440. The van der Waals surface area contributed by atoms with Crippen molar-refractivity contribution in [3.8, 4) is 0 Å². The van der Waals surface area contributed by atoms with Crippen molar-refractivity contribution in [3.63, 3.8) is 0 Å². The molecule has 2 aromatic rings. The predicted octanol–water partition coefficient (Wildman–Crippen LogP) is 3.51. The predicted molar refractivity (Wildman–Crippen MR) is 122 cm³/mol. The molecule has 1 aliphatic heterocycles. The summed E-state index contributed by atoms with van der Waals surface area (Å²) >= 11 is 0. The van der Waals surface area contributed by atoms with E-state index >= 15 is 0 Å². The maximum Gasteiger partial charge on any atom is 0.261 e. The van der Waals surface area contributed by atoms with Gasteiger partial charge >= 0.3 is 0 Å². The summed E-state index contributed by atoms with van der Waals surface area (Å²) in [5, 5.41) is 2.43. The van der Waals surface area contributed by atoms with Crippen LogP contribution in [0.4, 0.5) is 0 Å². The zero-order chi connectivity index (χ0) is 21.4. The second-order valence-electron chi connectivity index (χ2n) is 9.22. The number of benzene rings is 2. The second kappa shape index (κ2) is 8.06. The van der Waals surface area contributed by atoms with Gasteiger partial charge in [0.05, 0.1) is 12.5 Å². The van der Waals surface area contributed by atoms with E-state index in [0.29, 0.717) is 6.61 Å². The molecule has 1 aliphatic carbocycles. The molecule has 0 radical (unpaired) electrons. The maximum atomic E-state index is 7.12. The van der Waals surface area contributed by atoms with E-state index in [9.17, 15) is 0 Å². The van der Waals surface area contributed by atoms with Gasteiger partial charge in [-0.05, 0) is 15.4 Å². The summed E-state index contributed by atoms with van der Waals surface area (Å²) in [4.78, 5) is 0. The largest absolute Gasteiger partial charge is 0.404 e. The Morgan fingerprint density at radius 2 is 1.47 bits per heavy atom. The number of hydrogen-bond donors (Lipinski definition) is 0. The third-order valence-electron chi connectivity index (χ3n) is 6.50. The van der Waals surface area contributed by atoms with Gasteiger partial charge in [-0.3, -0.25) is 0 Å². The van der Waals surface area contributed by atoms with E-state index < -0.39 is 13.9 Å². The molecule has 2 bridgehead atoms. The zero-order valence-corrected chi connectivity index (χ0v) is 19.5. The number of hydrogen-bond acceptors (Lipinski definition) is 4. The Bertz CT molecular complexity index is 838. The van der Waals surface area contributed by atoms with Gasteiger partial charge in [0.1, 0.15) is 11.7 Å². The molecule has 1 fully saturated rings. The van der Waals surface area contributed by atoms with Crippen LogP contribution in [0.3, 0.4) is 0 Å². The highest BCUT2D eigenvalue weighted by molar-refractivity contribution is 6.99. The summed E-state index contributed by atoms with van der Waals surface area (Å²) in [5.74, 6) is 0.0859. The molecule has 1 unspecified atom stereocenters. The van der Waals surface area contributed by atoms with Gasteiger partial charge in [-0.15, -0.1) is 0 Å². The lowest BCUT2D eigenvalue weighted by Crippen LogP contribution is -2.68. The van der Waals surface area contributed by atoms with Crippen molar-refractivity contribution in [1.82, 2.24) is 0 Å². The van der Waals surface area contributed by atoms with Crippen molar-refractivity contribution >= 4 is 18.7 Å². The molecule has 5 heteroatoms. The second-order valence-corrected chi connectivity index (χ2v) is 13.5. The molecule has 1 heterocycles. The third kappa shape index (κ3) is 3.29. The van der Waals surface area contributed by atoms with Gasteiger partial charge < -0.3 is 18.6 Å². The van der Waals surface area contributed by atoms with Crippen molar-refractivity contribution in [2.75, 3.05) is 20.8 Å². The molecule has 30 heavy (non-hydrogen) atoms. The molecular formula is C25H32O4Si. The zero-order valence-electron chi connectivity index (χ0n) is 18.5. The number of fused-ring (bicyclic) bond motifs is 2. The lowest BCUT2D eigenvalue weighted by molar-refractivity contribution is -0.166. The van der Waals surface area contributed by atoms with E-state index in [1.54, 1.807) is 14.2 Å². The summed E-state index contributed by atoms with van der Waals surface area (Å²) in [6.07, 6.45) is 3.85. The van der Waals surface area contributed by atoms with Crippen LogP contribution in [0.15, 0.2) is 72.8 Å². The first kappa shape index (κ1) is 21.5. The van der Waals surface area contributed by atoms with Gasteiger partial charge in [0.25, 0.3) is 8.32 Å². The molecule has 0 N–H and O–H groups in total. The molecule has 4 nitrogen and oxygen atoms in total. The molecule has 0 spiro atoms. The smallest absolute Gasteiger partial charge is 0.261 e. The molecule has 2 aromatic carbocycles. The van der Waals surface area contributed by atoms with E-state index in [2.05, 4.69) is 93.6 Å². The van der Waals surface area contributed by atoms with Gasteiger partial charge in [0, 0.05) is 14.2 Å². The van der Waals surface area contributed by atoms with Crippen LogP contribution in [-0.4, -0.2) is 47.1 Å². The normalized spacial score (nSPS) is 28.2. The SMILES string of the molecule is COC1O[C@@]2(CO[Si](c3ccccc3)(c3ccccc3)C(C)(C)C)C=C[C@@H]1[C@@H]2OC. The summed E-state index contributed by atoms with van der Waals surface area (Å²) < 4.78 is 24.9. The van der Waals surface area contributed by atoms with E-state index in [1.165, 1.54) is 10.4 Å². The third-order valence-corrected chi connectivity index (χ3v) is 11.5. The minimum Gasteiger partial charge on any atom is -0.404 e. The minimum absolute atomic E-state index is 0.0859. The molecule has 0 saturated carbocycles. The van der Waals surface area contributed by atoms with E-state index in [1.807, 2.05) is 0 Å². The Kier molecular flexibility index (Phi) is 5.77. The quantitative estimate of drug-likeness (QED) is 0.504. The Hall–Kier alpha value is -1.76. The van der Waals surface area contributed by atoms with E-state index in [0.717, 1.165) is 0 Å². The minimum atomic E-state index is -2.65. The molecular weight excluding hydrogens is 392 g/mol. The van der Waals surface area contributed by atoms with Crippen LogP contribution in [0.2, 0.25) is 5.04 Å². The van der Waals surface area contributed by atoms with E-state index in [-0.39, 0.29) is 23.4 Å². The van der Waals surface area contributed by atoms with Gasteiger partial charge in [-0.1, -0.05) is 93.6 Å². The monoisotopic (exact) mass is 424 g/mol. The molecule has 0 amide bonds. The van der Waals surface area contributed by atoms with Crippen LogP contribution in [-0.2, 0) is 18.6 Å². The van der Waals surface area contributed by atoms with Crippen molar-refractivity contribution in [2.45, 2.75) is 43.8 Å². The molecule has 4 rings (SSSR count). The molecule has 1 saturated heterocycles. The number of ether oxygens (including phenoxy) is 3. The Labute approximate surface area is 180 Å². The highest BCUT2D eigenvalue weighted by Gasteiger charge is 2.60. The first-order valence-corrected chi connectivity index (χ1v) is 12.5. The van der Waals surface area contributed by atoms with Crippen molar-refractivity contribution in [1.29, 1.82) is 0 Å². The molecule has 4 atom stereocenters. The first-order chi connectivity index (χ1) is 14.4. The van der Waals surface area contributed by atoms with Gasteiger partial charge in [-0.2, -0.15) is 0 Å². The Morgan fingerprint density at radius 1 is 0.900 bits per heavy atom. The molecule has 0 aromatic heterocycles. The van der Waals surface area contributed by atoms with Gasteiger partial charge in [0.15, 0.2) is 6.29 Å². The highest BCUT2D eigenvalue weighted by Crippen LogP contribution is 2.46. The summed E-state index contributed by atoms with van der Waals surface area (Å²) in [6.45, 7) is 7.27. The first-order valence-electron chi connectivity index (χ1n) is 10.6. The Morgan fingerprint density at radius 3 is 1.93 bits per heavy atom. The summed E-state index contributed by atoms with van der Waals surface area (Å²) in [5.41, 5.74) is -0.632. The van der Waals surface area contributed by atoms with E-state index in [4.69, 9.17) is 18.6 Å². The van der Waals surface area contributed by atoms with Crippen molar-refractivity contribution < 1.29 is 18.6 Å². The lowest BCUT2D eigenvalue weighted by atomic mass is 9.99. The molecule has 2 aliphatic rings. The van der Waals surface area contributed by atoms with Crippen LogP contribution in [0.25, 0.3) is 0 Å².